The van der Waals surface area contributed by atoms with Gasteiger partial charge in [0, 0.05) is 122 Å². The number of nitrogens with zero attached hydrogens (tertiary/aromatic N) is 4. The van der Waals surface area contributed by atoms with Gasteiger partial charge in [-0.15, -0.1) is 11.8 Å². The molecule has 4 aromatic rings. The second-order valence-corrected chi connectivity index (χ2v) is 22.3. The van der Waals surface area contributed by atoms with Crippen LogP contribution in [0.15, 0.2) is 71.3 Å². The monoisotopic (exact) mass is 1080 g/mol. The fourth-order valence-electron chi connectivity index (χ4n) is 9.66. The molecule has 2 aromatic carbocycles. The number of amides is 5. The summed E-state index contributed by atoms with van der Waals surface area (Å²) in [5.41, 5.74) is 16.8. The molecule has 10 N–H and O–H groups in total. The van der Waals surface area contributed by atoms with E-state index in [1.54, 1.807) is 24.0 Å². The molecule has 3 aliphatic heterocycles. The van der Waals surface area contributed by atoms with E-state index in [9.17, 15) is 33.9 Å². The molecule has 0 spiro atoms. The number of hydrogen-bond acceptors (Lipinski definition) is 15. The zero-order valence-corrected chi connectivity index (χ0v) is 46.4. The lowest BCUT2D eigenvalue weighted by Crippen LogP contribution is -2.57. The topological polar surface area (TPSA) is 268 Å². The van der Waals surface area contributed by atoms with Crippen molar-refractivity contribution in [3.63, 3.8) is 0 Å². The number of H-pyrrole nitrogens is 1. The number of nitrogens with one attached hydrogen (secondary N) is 7. The molecule has 2 aromatic heterocycles. The predicted octanol–water partition coefficient (Wildman–Crippen LogP) is 4.00. The minimum absolute atomic E-state index is 0.0268. The number of aromatic nitrogens is 2. The number of benzene rings is 2. The van der Waals surface area contributed by atoms with Crippen LogP contribution >= 0.6 is 11.8 Å². The molecule has 5 heterocycles. The van der Waals surface area contributed by atoms with Gasteiger partial charge in [0.2, 0.25) is 23.6 Å². The van der Waals surface area contributed by atoms with Crippen LogP contribution in [-0.2, 0) is 43.5 Å². The summed E-state index contributed by atoms with van der Waals surface area (Å²) in [6.45, 7) is 18.1. The first kappa shape index (κ1) is 57.9. The minimum atomic E-state index is -0.976. The Hall–Kier alpha value is -6.78. The maximum atomic E-state index is 14.1. The van der Waals surface area contributed by atoms with Crippen LogP contribution in [0, 0.1) is 19.3 Å². The molecular weight excluding hydrogens is 1000 g/mol. The number of nitrogens with two attached hydrogens (primary N) is 1. The van der Waals surface area contributed by atoms with E-state index in [4.69, 9.17) is 15.5 Å². The Labute approximate surface area is 455 Å². The summed E-state index contributed by atoms with van der Waals surface area (Å²) in [4.78, 5) is 92.4. The minimum Gasteiger partial charge on any atom is -0.391 e. The number of pyridine rings is 2. The standard InChI is InChI=1S/C56H76N12O8S/c1-33(2)62-45-25-40(24-42(43(45)27-57)52(72)60-30-44-34(3)23-35(4)63-53(44)73)39-13-14-47(58-29-39)66-17-19-67(20-18-66)65-49(71)16-22-76-21-15-48(70)64-51(56(6,7)8)55(75)68-31-41(69)26-46(68)54(74)59-28-37-9-11-38(12-10-37)50-36(5)61-32-77-50/h9-14,23-25,29,33,41,46,51,61-62,69H,15-22,26-28,30-32,57H2,1-8H3,(H,59,74)(H,60,72)(H,63,73)(H,64,70)(H,65,71)/t41?,46-,51+/m0/s1. The largest absolute Gasteiger partial charge is 0.391 e. The average Bonchev–Trinajstić information content (AvgIpc) is 4.05. The van der Waals surface area contributed by atoms with E-state index in [1.165, 1.54) is 9.81 Å². The lowest BCUT2D eigenvalue weighted by Gasteiger charge is -2.35. The third-order valence-electron chi connectivity index (χ3n) is 13.8. The first-order valence-corrected chi connectivity index (χ1v) is 27.3. The van der Waals surface area contributed by atoms with Crippen LogP contribution in [0.2, 0.25) is 0 Å². The summed E-state index contributed by atoms with van der Waals surface area (Å²) in [5, 5.41) is 27.9. The van der Waals surface area contributed by atoms with Crippen molar-refractivity contribution < 1.29 is 33.8 Å². The molecule has 3 aliphatic rings. The van der Waals surface area contributed by atoms with Crippen molar-refractivity contribution in [3.05, 3.63) is 116 Å². The zero-order chi connectivity index (χ0) is 55.6. The summed E-state index contributed by atoms with van der Waals surface area (Å²) in [7, 11) is 0. The molecule has 0 radical (unpaired) electrons. The van der Waals surface area contributed by atoms with Crippen molar-refractivity contribution >= 4 is 57.7 Å². The average molecular weight is 1080 g/mol. The van der Waals surface area contributed by atoms with Gasteiger partial charge in [0.15, 0.2) is 0 Å². The Morgan fingerprint density at radius 3 is 2.21 bits per heavy atom. The smallest absolute Gasteiger partial charge is 0.253 e. The molecule has 21 heteroatoms. The number of rotatable bonds is 21. The van der Waals surface area contributed by atoms with Crippen molar-refractivity contribution in [2.45, 2.75) is 119 Å². The van der Waals surface area contributed by atoms with Crippen LogP contribution in [-0.4, -0.2) is 131 Å². The number of allylic oxidation sites excluding steroid dienone is 1. The third-order valence-corrected chi connectivity index (χ3v) is 15.0. The van der Waals surface area contributed by atoms with Gasteiger partial charge in [-0.1, -0.05) is 45.0 Å². The molecule has 2 fully saturated rings. The third kappa shape index (κ3) is 15.2. The maximum absolute atomic E-state index is 14.1. The number of aliphatic hydroxyl groups is 1. The molecule has 2 saturated heterocycles. The Morgan fingerprint density at radius 2 is 1.58 bits per heavy atom. The van der Waals surface area contributed by atoms with Crippen molar-refractivity contribution in [3.8, 4) is 11.1 Å². The van der Waals surface area contributed by atoms with Gasteiger partial charge in [0.25, 0.3) is 11.5 Å². The van der Waals surface area contributed by atoms with Crippen LogP contribution in [0.25, 0.3) is 16.0 Å². The molecule has 3 atom stereocenters. The number of anilines is 2. The van der Waals surface area contributed by atoms with E-state index in [2.05, 4.69) is 41.9 Å². The number of aliphatic hydroxyl groups excluding tert-OH is 1. The van der Waals surface area contributed by atoms with Gasteiger partial charge in [-0.25, -0.2) is 9.99 Å². The van der Waals surface area contributed by atoms with Gasteiger partial charge in [-0.2, -0.15) is 0 Å². The Bertz CT molecular complexity index is 2860. The number of hydrogen-bond donors (Lipinski definition) is 9. The molecule has 77 heavy (non-hydrogen) atoms. The molecule has 7 rings (SSSR count). The Morgan fingerprint density at radius 1 is 0.883 bits per heavy atom. The van der Waals surface area contributed by atoms with Crippen LogP contribution in [0.3, 0.4) is 0 Å². The number of carbonyl (C=O) groups excluding carboxylic acids is 5. The van der Waals surface area contributed by atoms with Gasteiger partial charge < -0.3 is 56.9 Å². The van der Waals surface area contributed by atoms with Crippen molar-refractivity contribution in [1.29, 1.82) is 0 Å². The maximum Gasteiger partial charge on any atom is 0.253 e. The number of hydrazine groups is 1. The predicted molar refractivity (Wildman–Crippen MR) is 300 cm³/mol. The lowest BCUT2D eigenvalue weighted by atomic mass is 9.85. The summed E-state index contributed by atoms with van der Waals surface area (Å²) >= 11 is 1.74. The molecule has 0 bridgehead atoms. The van der Waals surface area contributed by atoms with Crippen LogP contribution in [0.4, 0.5) is 11.5 Å². The molecule has 0 saturated carbocycles. The Kier molecular flexibility index (Phi) is 19.6. The SMILES string of the molecule is CC1=C(c2ccc(CNC(=O)[C@@H]3CC(O)CN3C(=O)[C@@H](NC(=O)CCOCCC(=O)NN3CCN(c4ccc(-c5cc(NC(C)C)c(CN)c(C(=O)NCc6c(C)cc(C)[nH]c6=O)c5)cn4)CC3)C(C)(C)C)cc2)SCN1. The lowest BCUT2D eigenvalue weighted by molar-refractivity contribution is -0.144. The van der Waals surface area contributed by atoms with Gasteiger partial charge in [0.05, 0.1) is 31.6 Å². The van der Waals surface area contributed by atoms with Gasteiger partial charge in [-0.3, -0.25) is 34.2 Å². The molecular formula is C56H76N12O8S. The van der Waals surface area contributed by atoms with E-state index in [0.29, 0.717) is 42.9 Å². The first-order chi connectivity index (χ1) is 36.7. The molecule has 414 valence electrons. The molecule has 1 unspecified atom stereocenters. The van der Waals surface area contributed by atoms with Crippen molar-refractivity contribution in [2.24, 2.45) is 11.1 Å². The van der Waals surface area contributed by atoms with E-state index in [-0.39, 0.29) is 88.0 Å². The van der Waals surface area contributed by atoms with E-state index >= 15 is 0 Å². The summed E-state index contributed by atoms with van der Waals surface area (Å²) < 4.78 is 5.68. The highest BCUT2D eigenvalue weighted by molar-refractivity contribution is 8.08. The Balaban J connectivity index is 0.837. The van der Waals surface area contributed by atoms with E-state index in [1.807, 2.05) is 109 Å². The normalized spacial score (nSPS) is 17.3. The summed E-state index contributed by atoms with van der Waals surface area (Å²) in [5.74, 6) is -0.209. The number of aryl methyl sites for hydroxylation is 2. The molecule has 0 aliphatic carbocycles. The van der Waals surface area contributed by atoms with E-state index in [0.717, 1.165) is 56.6 Å². The highest BCUT2D eigenvalue weighted by atomic mass is 32.2. The fourth-order valence-corrected chi connectivity index (χ4v) is 10.7. The van der Waals surface area contributed by atoms with Crippen LogP contribution in [0.1, 0.15) is 105 Å². The number of piperazine rings is 1. The number of likely N-dealkylation sites (tertiary alicyclic amines) is 1. The van der Waals surface area contributed by atoms with Crippen LogP contribution < -0.4 is 48.2 Å². The summed E-state index contributed by atoms with van der Waals surface area (Å²) in [6, 6.07) is 15.7. The van der Waals surface area contributed by atoms with Crippen LogP contribution in [0.5, 0.6) is 0 Å². The number of carbonyl (C=O) groups is 5. The van der Waals surface area contributed by atoms with Gasteiger partial charge in [0.1, 0.15) is 17.9 Å². The first-order valence-electron chi connectivity index (χ1n) is 26.4. The zero-order valence-electron chi connectivity index (χ0n) is 45.6. The molecule has 20 nitrogen and oxygen atoms in total. The number of thioether (sulfide) groups is 1. The highest BCUT2D eigenvalue weighted by Gasteiger charge is 2.44. The number of aromatic amines is 1. The second kappa shape index (κ2) is 26.0. The quantitative estimate of drug-likeness (QED) is 0.0534. The number of ether oxygens (including phenoxy) is 1. The fraction of sp³-hybridized carbons (Fsp3) is 0.482. The van der Waals surface area contributed by atoms with E-state index < -0.39 is 35.4 Å². The van der Waals surface area contributed by atoms with Gasteiger partial charge in [-0.05, 0) is 92.6 Å². The van der Waals surface area contributed by atoms with Crippen molar-refractivity contribution in [1.82, 2.24) is 46.6 Å². The molecule has 5 amide bonds. The van der Waals surface area contributed by atoms with Gasteiger partial charge >= 0.3 is 0 Å². The highest BCUT2D eigenvalue weighted by Crippen LogP contribution is 2.34. The van der Waals surface area contributed by atoms with Crippen molar-refractivity contribution in [2.75, 3.05) is 62.0 Å². The second-order valence-electron chi connectivity index (χ2n) is 21.3. The number of β-amino-alcohol motifs (C(OH)–C–C–N with tert-alkyl or cyclic N) is 1. The summed E-state index contributed by atoms with van der Waals surface area (Å²) in [6.07, 6.45) is 0.997.